The lowest BCUT2D eigenvalue weighted by atomic mass is 10.0. The molecule has 2 aromatic rings. The minimum Gasteiger partial charge on any atom is -0.271 e. The van der Waals surface area contributed by atoms with Gasteiger partial charge < -0.3 is 0 Å². The van der Waals surface area contributed by atoms with Crippen LogP contribution in [0.3, 0.4) is 0 Å². The number of nitrogens with two attached hydrogens (primary N) is 1. The fourth-order valence-corrected chi connectivity index (χ4v) is 3.16. The highest BCUT2D eigenvalue weighted by molar-refractivity contribution is 9.10. The highest BCUT2D eigenvalue weighted by Gasteiger charge is 2.20. The molecule has 0 aliphatic heterocycles. The van der Waals surface area contributed by atoms with Gasteiger partial charge in [-0.1, -0.05) is 35.3 Å². The molecule has 1 unspecified atom stereocenters. The molecule has 1 atom stereocenters. The molecule has 0 aliphatic rings. The van der Waals surface area contributed by atoms with Crippen LogP contribution in [0.1, 0.15) is 29.9 Å². The quantitative estimate of drug-likeness (QED) is 0.597. The van der Waals surface area contributed by atoms with Crippen molar-refractivity contribution in [1.82, 2.24) is 15.2 Å². The van der Waals surface area contributed by atoms with Crippen LogP contribution < -0.4 is 11.3 Å². The van der Waals surface area contributed by atoms with E-state index in [9.17, 15) is 0 Å². The molecular weight excluding hydrogens is 375 g/mol. The monoisotopic (exact) mass is 390 g/mol. The lowest BCUT2D eigenvalue weighted by Gasteiger charge is -2.19. The van der Waals surface area contributed by atoms with Gasteiger partial charge in [0.2, 0.25) is 0 Å². The van der Waals surface area contributed by atoms with Crippen LogP contribution in [-0.4, -0.2) is 9.78 Å². The molecule has 7 heteroatoms. The molecule has 21 heavy (non-hydrogen) atoms. The summed E-state index contributed by atoms with van der Waals surface area (Å²) in [6.07, 6.45) is 0.611. The third kappa shape index (κ3) is 3.43. The molecule has 1 heterocycles. The Morgan fingerprint density at radius 3 is 2.71 bits per heavy atom. The van der Waals surface area contributed by atoms with E-state index in [0.29, 0.717) is 16.5 Å². The predicted molar refractivity (Wildman–Crippen MR) is 90.6 cm³/mol. The maximum Gasteiger partial charge on any atom is 0.0847 e. The highest BCUT2D eigenvalue weighted by atomic mass is 79.9. The number of aryl methyl sites for hydroxylation is 2. The van der Waals surface area contributed by atoms with Crippen LogP contribution in [0.4, 0.5) is 0 Å². The molecule has 0 saturated heterocycles. The topological polar surface area (TPSA) is 55.9 Å². The molecule has 1 aromatic heterocycles. The number of benzene rings is 1. The zero-order valence-corrected chi connectivity index (χ0v) is 14.9. The summed E-state index contributed by atoms with van der Waals surface area (Å²) in [6, 6.07) is 5.63. The van der Waals surface area contributed by atoms with Gasteiger partial charge in [0.05, 0.1) is 27.5 Å². The van der Waals surface area contributed by atoms with Gasteiger partial charge in [-0.25, -0.2) is 0 Å². The number of nitrogens with zero attached hydrogens (tertiary/aromatic N) is 2. The minimum absolute atomic E-state index is 0.145. The highest BCUT2D eigenvalue weighted by Crippen LogP contribution is 2.33. The van der Waals surface area contributed by atoms with Gasteiger partial charge in [0, 0.05) is 17.4 Å². The average molecular weight is 392 g/mol. The molecule has 0 aliphatic carbocycles. The summed E-state index contributed by atoms with van der Waals surface area (Å²) < 4.78 is 2.74. The van der Waals surface area contributed by atoms with Gasteiger partial charge in [-0.15, -0.1) is 0 Å². The van der Waals surface area contributed by atoms with Crippen molar-refractivity contribution in [2.45, 2.75) is 32.9 Å². The van der Waals surface area contributed by atoms with Crippen molar-refractivity contribution < 1.29 is 0 Å². The van der Waals surface area contributed by atoms with Crippen LogP contribution in [0.25, 0.3) is 0 Å². The van der Waals surface area contributed by atoms with E-state index in [4.69, 9.17) is 29.0 Å². The second-order valence-corrected chi connectivity index (χ2v) is 6.34. The summed E-state index contributed by atoms with van der Waals surface area (Å²) in [4.78, 5) is 0. The van der Waals surface area contributed by atoms with Gasteiger partial charge >= 0.3 is 0 Å². The Morgan fingerprint density at radius 1 is 1.38 bits per heavy atom. The first kappa shape index (κ1) is 16.8. The van der Waals surface area contributed by atoms with Crippen molar-refractivity contribution in [1.29, 1.82) is 0 Å². The lowest BCUT2D eigenvalue weighted by Crippen LogP contribution is -2.30. The number of nitrogens with one attached hydrogen (secondary N) is 1. The van der Waals surface area contributed by atoms with Gasteiger partial charge in [-0.3, -0.25) is 16.0 Å². The third-order valence-corrected chi connectivity index (χ3v) is 5.21. The van der Waals surface area contributed by atoms with E-state index < -0.39 is 0 Å². The standard InChI is InChI=1S/C14H17BrCl2N4/c1-3-21-12(13(16)8(2)20-21)7-11(19-18)9-5-4-6-10(15)14(9)17/h4-6,11,19H,3,7,18H2,1-2H3. The maximum absolute atomic E-state index is 6.36. The van der Waals surface area contributed by atoms with Crippen molar-refractivity contribution in [2.75, 3.05) is 0 Å². The Bertz CT molecular complexity index is 642. The van der Waals surface area contributed by atoms with Gasteiger partial charge in [-0.2, -0.15) is 5.10 Å². The number of hydrazine groups is 1. The fourth-order valence-electron chi connectivity index (χ4n) is 2.31. The molecule has 3 N–H and O–H groups in total. The van der Waals surface area contributed by atoms with Gasteiger partial charge in [-0.05, 0) is 41.4 Å². The van der Waals surface area contributed by atoms with E-state index in [1.807, 2.05) is 36.7 Å². The number of hydrogen-bond donors (Lipinski definition) is 2. The summed E-state index contributed by atoms with van der Waals surface area (Å²) in [7, 11) is 0. The van der Waals surface area contributed by atoms with Crippen molar-refractivity contribution in [3.8, 4) is 0 Å². The Hall–Kier alpha value is -0.590. The van der Waals surface area contributed by atoms with Gasteiger partial charge in [0.25, 0.3) is 0 Å². The van der Waals surface area contributed by atoms with Crippen LogP contribution >= 0.6 is 39.1 Å². The molecule has 0 amide bonds. The molecule has 0 radical (unpaired) electrons. The maximum atomic E-state index is 6.36. The minimum atomic E-state index is -0.145. The van der Waals surface area contributed by atoms with E-state index in [1.54, 1.807) is 0 Å². The molecule has 114 valence electrons. The molecule has 4 nitrogen and oxygen atoms in total. The van der Waals surface area contributed by atoms with E-state index in [-0.39, 0.29) is 6.04 Å². The normalized spacial score (nSPS) is 12.7. The average Bonchev–Trinajstić information content (AvgIpc) is 2.75. The smallest absolute Gasteiger partial charge is 0.0847 e. The molecular formula is C14H17BrCl2N4. The van der Waals surface area contributed by atoms with Gasteiger partial charge in [0.1, 0.15) is 0 Å². The number of halogens is 3. The van der Waals surface area contributed by atoms with Crippen LogP contribution in [-0.2, 0) is 13.0 Å². The second kappa shape index (κ2) is 7.11. The summed E-state index contributed by atoms with van der Waals surface area (Å²) in [5, 5.41) is 5.76. The first-order valence-electron chi connectivity index (χ1n) is 6.61. The first-order chi connectivity index (χ1) is 9.99. The summed E-state index contributed by atoms with van der Waals surface area (Å²) >= 11 is 16.1. The van der Waals surface area contributed by atoms with Crippen molar-refractivity contribution >= 4 is 39.1 Å². The van der Waals surface area contributed by atoms with Gasteiger partial charge in [0.15, 0.2) is 0 Å². The number of aromatic nitrogens is 2. The van der Waals surface area contributed by atoms with Crippen LogP contribution in [0.2, 0.25) is 10.0 Å². The van der Waals surface area contributed by atoms with Crippen molar-refractivity contribution in [2.24, 2.45) is 5.84 Å². The molecule has 0 bridgehead atoms. The second-order valence-electron chi connectivity index (χ2n) is 4.73. The molecule has 1 aromatic carbocycles. The molecule has 0 saturated carbocycles. The SMILES string of the molecule is CCn1nc(C)c(Cl)c1CC(NN)c1cccc(Br)c1Cl. The number of hydrogen-bond acceptors (Lipinski definition) is 3. The Balaban J connectivity index is 2.38. The predicted octanol–water partition coefficient (Wildman–Crippen LogP) is 4.03. The van der Waals surface area contributed by atoms with E-state index in [2.05, 4.69) is 26.5 Å². The van der Waals surface area contributed by atoms with Crippen LogP contribution in [0.15, 0.2) is 22.7 Å². The Morgan fingerprint density at radius 2 is 2.10 bits per heavy atom. The van der Waals surface area contributed by atoms with Crippen LogP contribution in [0, 0.1) is 6.92 Å². The fraction of sp³-hybridized carbons (Fsp3) is 0.357. The largest absolute Gasteiger partial charge is 0.271 e. The number of rotatable bonds is 5. The summed E-state index contributed by atoms with van der Waals surface area (Å²) in [5.74, 6) is 5.72. The van der Waals surface area contributed by atoms with Crippen molar-refractivity contribution in [3.05, 3.63) is 49.7 Å². The first-order valence-corrected chi connectivity index (χ1v) is 8.16. The summed E-state index contributed by atoms with van der Waals surface area (Å²) in [6.45, 7) is 4.69. The van der Waals surface area contributed by atoms with E-state index in [1.165, 1.54) is 0 Å². The summed E-state index contributed by atoms with van der Waals surface area (Å²) in [5.41, 5.74) is 5.52. The zero-order chi connectivity index (χ0) is 15.6. The Kier molecular flexibility index (Phi) is 5.68. The Labute approximate surface area is 142 Å². The third-order valence-electron chi connectivity index (χ3n) is 3.41. The van der Waals surface area contributed by atoms with E-state index in [0.717, 1.165) is 28.0 Å². The molecule has 0 spiro atoms. The van der Waals surface area contributed by atoms with E-state index >= 15 is 0 Å². The molecule has 0 fully saturated rings. The molecule has 2 rings (SSSR count). The van der Waals surface area contributed by atoms with Crippen molar-refractivity contribution in [3.63, 3.8) is 0 Å². The lowest BCUT2D eigenvalue weighted by molar-refractivity contribution is 0.517. The zero-order valence-electron chi connectivity index (χ0n) is 11.8. The van der Waals surface area contributed by atoms with Crippen LogP contribution in [0.5, 0.6) is 0 Å².